The molecule has 2 aromatic carbocycles. The molecule has 0 aromatic heterocycles. The number of methoxy groups -OCH3 is 2. The van der Waals surface area contributed by atoms with Gasteiger partial charge in [-0.2, -0.15) is 0 Å². The molecule has 194 valence electrons. The van der Waals surface area contributed by atoms with E-state index >= 15 is 0 Å². The molecular weight excluding hydrogens is 530 g/mol. The third-order valence-corrected chi connectivity index (χ3v) is 6.38. The Morgan fingerprint density at radius 1 is 1.06 bits per heavy atom. The van der Waals surface area contributed by atoms with E-state index in [1.165, 1.54) is 12.0 Å². The standard InChI is InChI=1S/C27H32BrNO7/c1-6-35-22-15-17(8-11-21(22)34-5)24-23(25(30)18-9-10-20(33-4)19(28)14-18)26(31)27(32)29(24)12-7-13-36-16(2)3/h8-11,14-16,24,30H,6-7,12-13H2,1-5H3/b25-23-. The van der Waals surface area contributed by atoms with Crippen LogP contribution in [0.1, 0.15) is 44.4 Å². The van der Waals surface area contributed by atoms with E-state index in [0.29, 0.717) is 52.5 Å². The minimum atomic E-state index is -0.810. The summed E-state index contributed by atoms with van der Waals surface area (Å²) in [6.07, 6.45) is 0.588. The lowest BCUT2D eigenvalue weighted by molar-refractivity contribution is -0.140. The first kappa shape index (κ1) is 27.5. The minimum Gasteiger partial charge on any atom is -0.507 e. The molecule has 2 aromatic rings. The van der Waals surface area contributed by atoms with Crippen molar-refractivity contribution in [2.45, 2.75) is 39.3 Å². The van der Waals surface area contributed by atoms with Gasteiger partial charge in [0.25, 0.3) is 11.7 Å². The summed E-state index contributed by atoms with van der Waals surface area (Å²) in [6.45, 7) is 6.85. The Bertz CT molecular complexity index is 1140. The number of amides is 1. The molecule has 1 heterocycles. The van der Waals surface area contributed by atoms with Gasteiger partial charge in [-0.05, 0) is 79.0 Å². The van der Waals surface area contributed by atoms with E-state index in [-0.39, 0.29) is 24.0 Å². The van der Waals surface area contributed by atoms with Crippen molar-refractivity contribution in [2.75, 3.05) is 34.0 Å². The summed E-state index contributed by atoms with van der Waals surface area (Å²) >= 11 is 3.41. The lowest BCUT2D eigenvalue weighted by Crippen LogP contribution is -2.31. The molecule has 0 bridgehead atoms. The van der Waals surface area contributed by atoms with Crippen LogP contribution in [0.25, 0.3) is 5.76 Å². The predicted molar refractivity (Wildman–Crippen MR) is 140 cm³/mol. The number of carbonyl (C=O) groups is 2. The summed E-state index contributed by atoms with van der Waals surface area (Å²) in [5.74, 6) is -0.0996. The topological polar surface area (TPSA) is 94.5 Å². The van der Waals surface area contributed by atoms with Gasteiger partial charge in [-0.3, -0.25) is 9.59 Å². The smallest absolute Gasteiger partial charge is 0.295 e. The van der Waals surface area contributed by atoms with Crippen LogP contribution in [0.3, 0.4) is 0 Å². The molecule has 1 fully saturated rings. The minimum absolute atomic E-state index is 0.00876. The maximum atomic E-state index is 13.3. The second kappa shape index (κ2) is 12.3. The van der Waals surface area contributed by atoms with Crippen LogP contribution in [0.15, 0.2) is 46.4 Å². The number of hydrogen-bond acceptors (Lipinski definition) is 7. The number of carbonyl (C=O) groups excluding carboxylic acids is 2. The van der Waals surface area contributed by atoms with Gasteiger partial charge in [0.2, 0.25) is 0 Å². The van der Waals surface area contributed by atoms with Crippen molar-refractivity contribution in [2.24, 2.45) is 0 Å². The molecule has 3 rings (SSSR count). The maximum absolute atomic E-state index is 13.3. The van der Waals surface area contributed by atoms with Crippen LogP contribution in [-0.4, -0.2) is 61.8 Å². The lowest BCUT2D eigenvalue weighted by atomic mass is 9.95. The number of ketones is 1. The maximum Gasteiger partial charge on any atom is 0.295 e. The van der Waals surface area contributed by atoms with Gasteiger partial charge in [0.05, 0.1) is 43.0 Å². The average molecular weight is 562 g/mol. The highest BCUT2D eigenvalue weighted by Crippen LogP contribution is 2.42. The zero-order chi connectivity index (χ0) is 26.4. The average Bonchev–Trinajstić information content (AvgIpc) is 3.11. The van der Waals surface area contributed by atoms with E-state index < -0.39 is 17.7 Å². The second-order valence-electron chi connectivity index (χ2n) is 8.46. The Labute approximate surface area is 219 Å². The van der Waals surface area contributed by atoms with Crippen molar-refractivity contribution < 1.29 is 33.6 Å². The summed E-state index contributed by atoms with van der Waals surface area (Å²) in [5, 5.41) is 11.3. The molecule has 8 nitrogen and oxygen atoms in total. The van der Waals surface area contributed by atoms with Crippen LogP contribution in [0, 0.1) is 0 Å². The number of benzene rings is 2. The van der Waals surface area contributed by atoms with Crippen molar-refractivity contribution in [3.8, 4) is 17.2 Å². The molecule has 36 heavy (non-hydrogen) atoms. The largest absolute Gasteiger partial charge is 0.507 e. The quantitative estimate of drug-likeness (QED) is 0.176. The molecule has 1 atom stereocenters. The fourth-order valence-electron chi connectivity index (χ4n) is 4.11. The number of Topliss-reactive ketones (excluding diaryl/α,β-unsaturated/α-hetero) is 1. The molecule has 1 saturated heterocycles. The number of aliphatic hydroxyl groups is 1. The zero-order valence-electron chi connectivity index (χ0n) is 21.2. The first-order chi connectivity index (χ1) is 17.2. The van der Waals surface area contributed by atoms with Gasteiger partial charge in [0.15, 0.2) is 11.5 Å². The van der Waals surface area contributed by atoms with E-state index in [9.17, 15) is 14.7 Å². The Balaban J connectivity index is 2.12. The first-order valence-electron chi connectivity index (χ1n) is 11.8. The van der Waals surface area contributed by atoms with Crippen molar-refractivity contribution in [1.82, 2.24) is 4.90 Å². The monoisotopic (exact) mass is 561 g/mol. The van der Waals surface area contributed by atoms with E-state index in [0.717, 1.165) is 0 Å². The Morgan fingerprint density at radius 3 is 2.36 bits per heavy atom. The van der Waals surface area contributed by atoms with Crippen LogP contribution < -0.4 is 14.2 Å². The number of likely N-dealkylation sites (tertiary alicyclic amines) is 1. The molecule has 0 spiro atoms. The number of nitrogens with zero attached hydrogens (tertiary/aromatic N) is 1. The zero-order valence-corrected chi connectivity index (χ0v) is 22.8. The SMILES string of the molecule is CCOc1cc(C2/C(=C(/O)c3ccc(OC)c(Br)c3)C(=O)C(=O)N2CCCOC(C)C)ccc1OC. The van der Waals surface area contributed by atoms with Crippen LogP contribution in [0.2, 0.25) is 0 Å². The summed E-state index contributed by atoms with van der Waals surface area (Å²) in [4.78, 5) is 27.9. The third-order valence-electron chi connectivity index (χ3n) is 5.76. The van der Waals surface area contributed by atoms with Crippen LogP contribution in [0.4, 0.5) is 0 Å². The summed E-state index contributed by atoms with van der Waals surface area (Å²) < 4.78 is 22.6. The Hall–Kier alpha value is -3.04. The van der Waals surface area contributed by atoms with Crippen LogP contribution in [0.5, 0.6) is 17.2 Å². The van der Waals surface area contributed by atoms with E-state index in [1.54, 1.807) is 43.5 Å². The summed E-state index contributed by atoms with van der Waals surface area (Å²) in [7, 11) is 3.08. The summed E-state index contributed by atoms with van der Waals surface area (Å²) in [5.41, 5.74) is 1.01. The predicted octanol–water partition coefficient (Wildman–Crippen LogP) is 5.10. The molecule has 0 aliphatic carbocycles. The molecule has 1 N–H and O–H groups in total. The molecule has 1 aliphatic rings. The van der Waals surface area contributed by atoms with Gasteiger partial charge < -0.3 is 29.0 Å². The van der Waals surface area contributed by atoms with Crippen LogP contribution >= 0.6 is 15.9 Å². The molecule has 9 heteroatoms. The molecule has 1 unspecified atom stereocenters. The molecule has 0 radical (unpaired) electrons. The van der Waals surface area contributed by atoms with E-state index in [4.69, 9.17) is 18.9 Å². The van der Waals surface area contributed by atoms with Gasteiger partial charge in [-0.1, -0.05) is 6.07 Å². The summed E-state index contributed by atoms with van der Waals surface area (Å²) in [6, 6.07) is 9.39. The second-order valence-corrected chi connectivity index (χ2v) is 9.31. The first-order valence-corrected chi connectivity index (χ1v) is 12.6. The molecular formula is C27H32BrNO7. The third kappa shape index (κ3) is 5.84. The van der Waals surface area contributed by atoms with E-state index in [1.807, 2.05) is 20.8 Å². The normalized spacial score (nSPS) is 17.1. The lowest BCUT2D eigenvalue weighted by Gasteiger charge is -2.26. The number of rotatable bonds is 11. The van der Waals surface area contributed by atoms with Gasteiger partial charge >= 0.3 is 0 Å². The fraction of sp³-hybridized carbons (Fsp3) is 0.407. The van der Waals surface area contributed by atoms with Crippen molar-refractivity contribution in [3.63, 3.8) is 0 Å². The highest BCUT2D eigenvalue weighted by Gasteiger charge is 2.46. The fourth-order valence-corrected chi connectivity index (χ4v) is 4.65. The molecule has 1 aliphatic heterocycles. The highest BCUT2D eigenvalue weighted by atomic mass is 79.9. The number of halogens is 1. The Kier molecular flexibility index (Phi) is 9.39. The molecule has 1 amide bonds. The van der Waals surface area contributed by atoms with Gasteiger partial charge in [0.1, 0.15) is 11.5 Å². The number of aliphatic hydroxyl groups excluding tert-OH is 1. The van der Waals surface area contributed by atoms with Crippen molar-refractivity contribution in [3.05, 3.63) is 57.6 Å². The highest BCUT2D eigenvalue weighted by molar-refractivity contribution is 9.10. The Morgan fingerprint density at radius 2 is 1.75 bits per heavy atom. The van der Waals surface area contributed by atoms with Gasteiger partial charge in [0, 0.05) is 18.7 Å². The van der Waals surface area contributed by atoms with Crippen LogP contribution in [-0.2, 0) is 14.3 Å². The van der Waals surface area contributed by atoms with Crippen molar-refractivity contribution in [1.29, 1.82) is 0 Å². The number of ether oxygens (including phenoxy) is 4. The van der Waals surface area contributed by atoms with Gasteiger partial charge in [-0.15, -0.1) is 0 Å². The van der Waals surface area contributed by atoms with E-state index in [2.05, 4.69) is 15.9 Å². The van der Waals surface area contributed by atoms with Gasteiger partial charge in [-0.25, -0.2) is 0 Å². The van der Waals surface area contributed by atoms with Crippen molar-refractivity contribution >= 4 is 33.4 Å². The number of hydrogen-bond donors (Lipinski definition) is 1. The molecule has 0 saturated carbocycles.